The molecule has 1 unspecified atom stereocenters. The van der Waals surface area contributed by atoms with Crippen molar-refractivity contribution in [3.05, 3.63) is 0 Å². The molecule has 8 nitrogen and oxygen atoms in total. The van der Waals surface area contributed by atoms with E-state index in [2.05, 4.69) is 10.2 Å². The van der Waals surface area contributed by atoms with Crippen LogP contribution in [0.4, 0.5) is 0 Å². The van der Waals surface area contributed by atoms with Gasteiger partial charge in [0.2, 0.25) is 0 Å². The topological polar surface area (TPSA) is 108 Å². The Hall–Kier alpha value is -1.22. The number of carboxylic acid groups (broad SMARTS) is 1. The Morgan fingerprint density at radius 2 is 1.87 bits per heavy atom. The largest absolute Gasteiger partial charge is 0.481 e. The second-order valence-corrected chi connectivity index (χ2v) is 5.49. The fraction of sp³-hybridized carbons (Fsp3) is 0.867. The van der Waals surface area contributed by atoms with E-state index in [4.69, 9.17) is 19.7 Å². The van der Waals surface area contributed by atoms with Gasteiger partial charge in [-0.3, -0.25) is 14.9 Å². The van der Waals surface area contributed by atoms with Crippen molar-refractivity contribution in [3.63, 3.8) is 0 Å². The van der Waals surface area contributed by atoms with Crippen molar-refractivity contribution < 1.29 is 29.3 Å². The van der Waals surface area contributed by atoms with Gasteiger partial charge in [-0.05, 0) is 46.4 Å². The van der Waals surface area contributed by atoms with Crippen LogP contribution in [0.15, 0.2) is 0 Å². The van der Waals surface area contributed by atoms with Crippen LogP contribution in [-0.2, 0) is 19.1 Å². The minimum Gasteiger partial charge on any atom is -0.481 e. The van der Waals surface area contributed by atoms with Crippen LogP contribution >= 0.6 is 0 Å². The predicted molar refractivity (Wildman–Crippen MR) is 85.1 cm³/mol. The molecule has 0 spiro atoms. The summed E-state index contributed by atoms with van der Waals surface area (Å²) in [5, 5.41) is 20.4. The highest BCUT2D eigenvalue weighted by Crippen LogP contribution is 2.03. The van der Waals surface area contributed by atoms with Gasteiger partial charge in [0.05, 0.1) is 19.8 Å². The first kappa shape index (κ1) is 21.8. The van der Waals surface area contributed by atoms with Gasteiger partial charge in [-0.1, -0.05) is 0 Å². The van der Waals surface area contributed by atoms with Crippen LogP contribution in [0, 0.1) is 0 Å². The van der Waals surface area contributed by atoms with Gasteiger partial charge in [-0.25, -0.2) is 0 Å². The fourth-order valence-corrected chi connectivity index (χ4v) is 1.81. The number of ether oxygens (including phenoxy) is 2. The summed E-state index contributed by atoms with van der Waals surface area (Å²) in [6, 6.07) is 0. The Morgan fingerprint density at radius 3 is 2.48 bits per heavy atom. The van der Waals surface area contributed by atoms with Crippen LogP contribution in [0.5, 0.6) is 0 Å². The molecule has 8 heteroatoms. The Morgan fingerprint density at radius 1 is 1.17 bits per heavy atom. The summed E-state index contributed by atoms with van der Waals surface area (Å²) in [5.41, 5.74) is 0. The Balaban J connectivity index is 4.01. The Labute approximate surface area is 137 Å². The highest BCUT2D eigenvalue weighted by atomic mass is 16.6. The maximum Gasteiger partial charge on any atom is 0.307 e. The average Bonchev–Trinajstić information content (AvgIpc) is 2.47. The number of nitrogens with one attached hydrogen (secondary N) is 1. The summed E-state index contributed by atoms with van der Waals surface area (Å²) in [7, 11) is 3.97. The van der Waals surface area contributed by atoms with Crippen molar-refractivity contribution in [2.24, 2.45) is 0 Å². The number of hydrogen-bond donors (Lipinski definition) is 3. The lowest BCUT2D eigenvalue weighted by Crippen LogP contribution is -2.39. The van der Waals surface area contributed by atoms with Gasteiger partial charge in [0.25, 0.3) is 0 Å². The monoisotopic (exact) mass is 334 g/mol. The lowest BCUT2D eigenvalue weighted by atomic mass is 10.2. The lowest BCUT2D eigenvalue weighted by molar-refractivity contribution is -0.154. The molecule has 0 aliphatic carbocycles. The molecule has 0 radical (unpaired) electrons. The summed E-state index contributed by atoms with van der Waals surface area (Å²) in [4.78, 5) is 24.2. The number of unbranched alkanes of at least 4 members (excludes halogenated alkanes) is 1. The zero-order chi connectivity index (χ0) is 17.5. The number of carboxylic acids is 1. The van der Waals surface area contributed by atoms with Gasteiger partial charge in [0, 0.05) is 12.8 Å². The van der Waals surface area contributed by atoms with Crippen LogP contribution < -0.4 is 5.32 Å². The van der Waals surface area contributed by atoms with Crippen molar-refractivity contribution in [2.45, 2.75) is 38.3 Å². The fourth-order valence-electron chi connectivity index (χ4n) is 1.81. The summed E-state index contributed by atoms with van der Waals surface area (Å²) < 4.78 is 10.5. The van der Waals surface area contributed by atoms with E-state index < -0.39 is 12.2 Å². The van der Waals surface area contributed by atoms with Gasteiger partial charge >= 0.3 is 11.9 Å². The first-order chi connectivity index (χ1) is 11.0. The number of nitrogens with zero attached hydrogens (tertiary/aromatic N) is 1. The molecule has 0 fully saturated rings. The Kier molecular flexibility index (Phi) is 13.6. The van der Waals surface area contributed by atoms with Crippen LogP contribution in [0.3, 0.4) is 0 Å². The van der Waals surface area contributed by atoms with Gasteiger partial charge in [0.1, 0.15) is 0 Å². The first-order valence-corrected chi connectivity index (χ1v) is 7.93. The highest BCUT2D eigenvalue weighted by Gasteiger charge is 2.14. The van der Waals surface area contributed by atoms with Crippen molar-refractivity contribution in [3.8, 4) is 0 Å². The normalized spacial score (nSPS) is 12.3. The third-order valence-corrected chi connectivity index (χ3v) is 2.95. The molecule has 0 saturated heterocycles. The molecule has 3 N–H and O–H groups in total. The van der Waals surface area contributed by atoms with Gasteiger partial charge in [-0.2, -0.15) is 0 Å². The van der Waals surface area contributed by atoms with Crippen LogP contribution in [0.25, 0.3) is 0 Å². The van der Waals surface area contributed by atoms with Crippen LogP contribution in [0.2, 0.25) is 0 Å². The quantitative estimate of drug-likeness (QED) is 0.219. The molecule has 0 amide bonds. The molecule has 0 aliphatic rings. The zero-order valence-corrected chi connectivity index (χ0v) is 14.1. The average molecular weight is 334 g/mol. The zero-order valence-electron chi connectivity index (χ0n) is 14.1. The number of carbonyl (C=O) groups excluding carboxylic acids is 1. The lowest BCUT2D eigenvalue weighted by Gasteiger charge is -2.20. The van der Waals surface area contributed by atoms with E-state index in [1.54, 1.807) is 0 Å². The van der Waals surface area contributed by atoms with E-state index in [0.29, 0.717) is 19.4 Å². The minimum atomic E-state index is -0.865. The van der Waals surface area contributed by atoms with Crippen LogP contribution in [-0.4, -0.2) is 80.3 Å². The number of aliphatic hydroxyl groups excluding tert-OH is 1. The van der Waals surface area contributed by atoms with E-state index in [0.717, 1.165) is 13.0 Å². The number of hydrogen-bond acceptors (Lipinski definition) is 7. The van der Waals surface area contributed by atoms with Crippen molar-refractivity contribution in [2.75, 3.05) is 47.0 Å². The molecule has 0 rings (SSSR count). The van der Waals surface area contributed by atoms with E-state index >= 15 is 0 Å². The molecule has 0 saturated carbocycles. The SMILES string of the molecule is CN(C)CCCNC(COCCO)OC(=O)CCCCC(=O)O. The maximum atomic E-state index is 11.7. The van der Waals surface area contributed by atoms with Crippen molar-refractivity contribution in [1.29, 1.82) is 0 Å². The molecular formula is C15H30N2O6. The number of aliphatic carboxylic acids is 1. The van der Waals surface area contributed by atoms with Crippen molar-refractivity contribution in [1.82, 2.24) is 10.2 Å². The van der Waals surface area contributed by atoms with E-state index in [1.165, 1.54) is 0 Å². The van der Waals surface area contributed by atoms with E-state index in [1.807, 2.05) is 14.1 Å². The van der Waals surface area contributed by atoms with Gasteiger partial charge in [-0.15, -0.1) is 0 Å². The second-order valence-electron chi connectivity index (χ2n) is 5.49. The maximum absolute atomic E-state index is 11.7. The molecule has 0 aromatic rings. The molecular weight excluding hydrogens is 304 g/mol. The van der Waals surface area contributed by atoms with E-state index in [-0.39, 0.29) is 38.6 Å². The standard InChI is InChI=1S/C15H30N2O6/c1-17(2)9-5-8-16-13(12-22-11-10-18)23-15(21)7-4-3-6-14(19)20/h13,16,18H,3-12H2,1-2H3,(H,19,20). The third kappa shape index (κ3) is 15.4. The number of esters is 1. The molecule has 0 aromatic heterocycles. The number of carbonyl (C=O) groups is 2. The smallest absolute Gasteiger partial charge is 0.307 e. The minimum absolute atomic E-state index is 0.0547. The Bertz CT molecular complexity index is 325. The molecule has 0 bridgehead atoms. The molecule has 23 heavy (non-hydrogen) atoms. The van der Waals surface area contributed by atoms with E-state index in [9.17, 15) is 9.59 Å². The predicted octanol–water partition coefficient (Wildman–Crippen LogP) is 0.0509. The molecule has 136 valence electrons. The van der Waals surface area contributed by atoms with Crippen molar-refractivity contribution >= 4 is 11.9 Å². The molecule has 1 atom stereocenters. The highest BCUT2D eigenvalue weighted by molar-refractivity contribution is 5.70. The second kappa shape index (κ2) is 14.4. The summed E-state index contributed by atoms with van der Waals surface area (Å²) in [6.07, 6.45) is 1.51. The summed E-state index contributed by atoms with van der Waals surface area (Å²) >= 11 is 0. The third-order valence-electron chi connectivity index (χ3n) is 2.95. The summed E-state index contributed by atoms with van der Waals surface area (Å²) in [5.74, 6) is -1.25. The van der Waals surface area contributed by atoms with Gasteiger partial charge < -0.3 is 24.6 Å². The summed E-state index contributed by atoms with van der Waals surface area (Å²) in [6.45, 7) is 1.86. The molecule has 0 aromatic carbocycles. The number of aliphatic hydroxyl groups is 1. The first-order valence-electron chi connectivity index (χ1n) is 7.93. The number of rotatable bonds is 15. The van der Waals surface area contributed by atoms with Crippen LogP contribution in [0.1, 0.15) is 32.1 Å². The molecule has 0 heterocycles. The molecule has 0 aliphatic heterocycles. The van der Waals surface area contributed by atoms with Gasteiger partial charge in [0.15, 0.2) is 6.23 Å².